The van der Waals surface area contributed by atoms with Crippen LogP contribution in [0.15, 0.2) is 72.8 Å². The SMILES string of the molecule is CN1CCN(c2cccc([C@H]3CCN(C(=O)c4cc(C(F)(F)F)cc(C(F)(F)F)c4)C[C@H]3c3ccccc3)c2)CC1. The van der Waals surface area contributed by atoms with E-state index in [2.05, 4.69) is 35.0 Å². The Bertz CT molecular complexity index is 1330. The smallest absolute Gasteiger partial charge is 0.369 e. The number of carbonyl (C=O) groups excluding carboxylic acids is 1. The first-order valence-electron chi connectivity index (χ1n) is 13.6. The lowest BCUT2D eigenvalue weighted by atomic mass is 9.76. The zero-order valence-corrected chi connectivity index (χ0v) is 22.6. The monoisotopic (exact) mass is 575 g/mol. The molecule has 4 nitrogen and oxygen atoms in total. The average molecular weight is 576 g/mol. The summed E-state index contributed by atoms with van der Waals surface area (Å²) < 4.78 is 80.7. The third-order valence-corrected chi connectivity index (χ3v) is 8.13. The van der Waals surface area contributed by atoms with E-state index >= 15 is 0 Å². The number of rotatable bonds is 4. The average Bonchev–Trinajstić information content (AvgIpc) is 2.96. The number of likely N-dealkylation sites (tertiary alicyclic amines) is 1. The summed E-state index contributed by atoms with van der Waals surface area (Å²) in [6, 6.07) is 18.9. The normalized spacial score (nSPS) is 20.8. The fraction of sp³-hybridized carbons (Fsp3) is 0.387. The number of amides is 1. The second-order valence-corrected chi connectivity index (χ2v) is 10.8. The molecule has 218 valence electrons. The Balaban J connectivity index is 1.45. The molecule has 0 unspecified atom stereocenters. The molecule has 1 amide bonds. The third kappa shape index (κ3) is 6.53. The van der Waals surface area contributed by atoms with Crippen molar-refractivity contribution >= 4 is 11.6 Å². The molecule has 41 heavy (non-hydrogen) atoms. The van der Waals surface area contributed by atoms with Gasteiger partial charge in [0.25, 0.3) is 5.91 Å². The summed E-state index contributed by atoms with van der Waals surface area (Å²) in [6.45, 7) is 4.12. The van der Waals surface area contributed by atoms with Crippen LogP contribution in [-0.2, 0) is 12.4 Å². The number of nitrogens with zero attached hydrogens (tertiary/aromatic N) is 3. The maximum atomic E-state index is 13.5. The van der Waals surface area contributed by atoms with Crippen LogP contribution in [0.5, 0.6) is 0 Å². The number of benzene rings is 3. The number of likely N-dealkylation sites (N-methyl/N-ethyl adjacent to an activating group) is 1. The summed E-state index contributed by atoms with van der Waals surface area (Å²) in [7, 11) is 2.09. The zero-order valence-electron chi connectivity index (χ0n) is 22.6. The first kappa shape index (κ1) is 29.0. The molecule has 0 N–H and O–H groups in total. The van der Waals surface area contributed by atoms with E-state index in [1.165, 1.54) is 4.90 Å². The van der Waals surface area contributed by atoms with Crippen molar-refractivity contribution in [3.63, 3.8) is 0 Å². The molecule has 2 fully saturated rings. The van der Waals surface area contributed by atoms with Crippen LogP contribution in [0.25, 0.3) is 0 Å². The van der Waals surface area contributed by atoms with Crippen LogP contribution < -0.4 is 4.90 Å². The summed E-state index contributed by atoms with van der Waals surface area (Å²) in [6.07, 6.45) is -9.53. The molecule has 5 rings (SSSR count). The van der Waals surface area contributed by atoms with Crippen molar-refractivity contribution in [2.75, 3.05) is 51.2 Å². The molecule has 2 heterocycles. The first-order chi connectivity index (χ1) is 19.4. The van der Waals surface area contributed by atoms with E-state index in [9.17, 15) is 31.1 Å². The van der Waals surface area contributed by atoms with E-state index in [4.69, 9.17) is 0 Å². The minimum Gasteiger partial charge on any atom is -0.369 e. The van der Waals surface area contributed by atoms with E-state index < -0.39 is 35.0 Å². The van der Waals surface area contributed by atoms with Crippen molar-refractivity contribution in [2.45, 2.75) is 30.6 Å². The molecule has 0 spiro atoms. The maximum absolute atomic E-state index is 13.5. The van der Waals surface area contributed by atoms with Crippen molar-refractivity contribution in [3.05, 3.63) is 101 Å². The highest BCUT2D eigenvalue weighted by Gasteiger charge is 2.39. The van der Waals surface area contributed by atoms with Gasteiger partial charge in [-0.2, -0.15) is 26.3 Å². The highest BCUT2D eigenvalue weighted by Crippen LogP contribution is 2.42. The number of halogens is 6. The van der Waals surface area contributed by atoms with Crippen LogP contribution in [0.1, 0.15) is 50.9 Å². The molecule has 0 saturated carbocycles. The molecule has 0 bridgehead atoms. The summed E-state index contributed by atoms with van der Waals surface area (Å²) in [5, 5.41) is 0. The lowest BCUT2D eigenvalue weighted by molar-refractivity contribution is -0.143. The number of hydrogen-bond donors (Lipinski definition) is 0. The minimum absolute atomic E-state index is 0.0149. The molecule has 10 heteroatoms. The van der Waals surface area contributed by atoms with Crippen LogP contribution in [0, 0.1) is 0 Å². The maximum Gasteiger partial charge on any atom is 0.416 e. The van der Waals surface area contributed by atoms with Gasteiger partial charge in [0.2, 0.25) is 0 Å². The topological polar surface area (TPSA) is 26.8 Å². The molecular formula is C31H31F6N3O. The van der Waals surface area contributed by atoms with E-state index in [0.717, 1.165) is 43.0 Å². The van der Waals surface area contributed by atoms with Gasteiger partial charge in [-0.1, -0.05) is 42.5 Å². The van der Waals surface area contributed by atoms with Crippen molar-refractivity contribution in [3.8, 4) is 0 Å². The quantitative estimate of drug-likeness (QED) is 0.317. The van der Waals surface area contributed by atoms with Crippen LogP contribution in [0.2, 0.25) is 0 Å². The lowest BCUT2D eigenvalue weighted by Gasteiger charge is -2.40. The van der Waals surface area contributed by atoms with Crippen LogP contribution in [0.4, 0.5) is 32.0 Å². The van der Waals surface area contributed by atoms with Gasteiger partial charge in [0.15, 0.2) is 0 Å². The summed E-state index contributed by atoms with van der Waals surface area (Å²) in [5.74, 6) is -1.02. The number of alkyl halides is 6. The van der Waals surface area contributed by atoms with Gasteiger partial charge >= 0.3 is 12.4 Å². The first-order valence-corrected chi connectivity index (χ1v) is 13.6. The predicted octanol–water partition coefficient (Wildman–Crippen LogP) is 6.89. The summed E-state index contributed by atoms with van der Waals surface area (Å²) in [5.41, 5.74) is -0.434. The lowest BCUT2D eigenvalue weighted by Crippen LogP contribution is -2.44. The van der Waals surface area contributed by atoms with Gasteiger partial charge in [-0.15, -0.1) is 0 Å². The third-order valence-electron chi connectivity index (χ3n) is 8.13. The number of anilines is 1. The molecule has 3 aromatic carbocycles. The van der Waals surface area contributed by atoms with E-state index in [1.807, 2.05) is 36.4 Å². The van der Waals surface area contributed by atoms with Crippen molar-refractivity contribution < 1.29 is 31.1 Å². The summed E-state index contributed by atoms with van der Waals surface area (Å²) >= 11 is 0. The Hall–Kier alpha value is -3.53. The predicted molar refractivity (Wildman–Crippen MR) is 145 cm³/mol. The van der Waals surface area contributed by atoms with Crippen molar-refractivity contribution in [1.82, 2.24) is 9.80 Å². The van der Waals surface area contributed by atoms with Gasteiger partial charge in [0.05, 0.1) is 11.1 Å². The molecule has 0 aliphatic carbocycles. The Morgan fingerprint density at radius 1 is 0.707 bits per heavy atom. The summed E-state index contributed by atoms with van der Waals surface area (Å²) in [4.78, 5) is 19.4. The van der Waals surface area contributed by atoms with Gasteiger partial charge in [-0.25, -0.2) is 0 Å². The number of piperazine rings is 1. The second-order valence-electron chi connectivity index (χ2n) is 10.8. The number of hydrogen-bond acceptors (Lipinski definition) is 3. The van der Waals surface area contributed by atoms with E-state index in [0.29, 0.717) is 18.6 Å². The van der Waals surface area contributed by atoms with Gasteiger partial charge in [0.1, 0.15) is 0 Å². The molecule has 2 aliphatic heterocycles. The fourth-order valence-electron chi connectivity index (χ4n) is 5.85. The Morgan fingerprint density at radius 3 is 1.93 bits per heavy atom. The standard InChI is InChI=1S/C31H31F6N3O/c1-38-12-14-39(15-13-38)26-9-5-8-22(18-26)27-10-11-40(20-28(27)21-6-3-2-4-7-21)29(41)23-16-24(30(32,33)34)19-25(17-23)31(35,36)37/h2-9,16-19,27-28H,10-15,20H2,1H3/t27-,28+/m1/s1. The van der Waals surface area contributed by atoms with Crippen molar-refractivity contribution in [1.29, 1.82) is 0 Å². The number of carbonyl (C=O) groups is 1. The molecule has 0 radical (unpaired) electrons. The molecular weight excluding hydrogens is 544 g/mol. The zero-order chi connectivity index (χ0) is 29.4. The van der Waals surface area contributed by atoms with Crippen molar-refractivity contribution in [2.24, 2.45) is 0 Å². The largest absolute Gasteiger partial charge is 0.416 e. The second kappa shape index (κ2) is 11.4. The molecule has 0 aromatic heterocycles. The van der Waals surface area contributed by atoms with Gasteiger partial charge < -0.3 is 14.7 Å². The van der Waals surface area contributed by atoms with E-state index in [-0.39, 0.29) is 31.0 Å². The Labute approximate surface area is 235 Å². The number of piperidine rings is 1. The molecule has 2 saturated heterocycles. The van der Waals surface area contributed by atoms with Gasteiger partial charge in [-0.3, -0.25) is 4.79 Å². The molecule has 3 aromatic rings. The highest BCUT2D eigenvalue weighted by molar-refractivity contribution is 5.95. The Kier molecular flexibility index (Phi) is 8.05. The van der Waals surface area contributed by atoms with Crippen LogP contribution in [0.3, 0.4) is 0 Å². The molecule has 2 aliphatic rings. The van der Waals surface area contributed by atoms with E-state index in [1.54, 1.807) is 0 Å². The van der Waals surface area contributed by atoms with Crippen LogP contribution >= 0.6 is 0 Å². The fourth-order valence-corrected chi connectivity index (χ4v) is 5.85. The Morgan fingerprint density at radius 2 is 1.32 bits per heavy atom. The van der Waals surface area contributed by atoms with Gasteiger partial charge in [-0.05, 0) is 60.8 Å². The highest BCUT2D eigenvalue weighted by atomic mass is 19.4. The minimum atomic E-state index is -5.02. The molecule has 2 atom stereocenters. The van der Waals surface area contributed by atoms with Crippen LogP contribution in [-0.4, -0.2) is 62.0 Å². The van der Waals surface area contributed by atoms with Gasteiger partial charge in [0, 0.05) is 56.4 Å².